The minimum Gasteiger partial charge on any atom is -0.495 e. The predicted octanol–water partition coefficient (Wildman–Crippen LogP) is 2.69. The van der Waals surface area contributed by atoms with Crippen LogP contribution < -0.4 is 15.4 Å². The molecule has 0 radical (unpaired) electrons. The number of benzene rings is 2. The maximum Gasteiger partial charge on any atom is 0.243 e. The number of rotatable bonds is 6. The first kappa shape index (κ1) is 21.8. The molecule has 1 atom stereocenters. The SMILES string of the molecule is COc1ccc(NC(=O)C2CCCN(S(=O)(=O)c3ccccc3)C2)cc1NC(C)=O. The molecule has 0 aliphatic carbocycles. The molecular weight excluding hydrogens is 406 g/mol. The number of sulfonamides is 1. The zero-order chi connectivity index (χ0) is 21.7. The number of methoxy groups -OCH3 is 1. The average Bonchev–Trinajstić information content (AvgIpc) is 2.74. The van der Waals surface area contributed by atoms with Gasteiger partial charge in [0.05, 0.1) is 23.6 Å². The van der Waals surface area contributed by atoms with Crippen molar-refractivity contribution < 1.29 is 22.7 Å². The quantitative estimate of drug-likeness (QED) is 0.732. The van der Waals surface area contributed by atoms with E-state index in [-0.39, 0.29) is 23.3 Å². The van der Waals surface area contributed by atoms with Crippen LogP contribution in [0.5, 0.6) is 5.75 Å². The Kier molecular flexibility index (Phi) is 6.73. The van der Waals surface area contributed by atoms with E-state index < -0.39 is 15.9 Å². The molecule has 1 saturated heterocycles. The van der Waals surface area contributed by atoms with Crippen LogP contribution in [-0.4, -0.2) is 44.7 Å². The van der Waals surface area contributed by atoms with E-state index in [0.717, 1.165) is 0 Å². The molecule has 9 heteroatoms. The Morgan fingerprint density at radius 1 is 1.10 bits per heavy atom. The van der Waals surface area contributed by atoms with Gasteiger partial charge in [0, 0.05) is 25.7 Å². The topological polar surface area (TPSA) is 105 Å². The molecule has 30 heavy (non-hydrogen) atoms. The van der Waals surface area contributed by atoms with Gasteiger partial charge in [0.1, 0.15) is 5.75 Å². The van der Waals surface area contributed by atoms with E-state index >= 15 is 0 Å². The summed E-state index contributed by atoms with van der Waals surface area (Å²) in [6, 6.07) is 13.2. The number of carbonyl (C=O) groups is 2. The van der Waals surface area contributed by atoms with Crippen molar-refractivity contribution in [3.05, 3.63) is 48.5 Å². The average molecular weight is 432 g/mol. The van der Waals surface area contributed by atoms with Crippen LogP contribution in [0.4, 0.5) is 11.4 Å². The van der Waals surface area contributed by atoms with Gasteiger partial charge in [-0.2, -0.15) is 4.31 Å². The first-order chi connectivity index (χ1) is 14.3. The summed E-state index contributed by atoms with van der Waals surface area (Å²) in [5, 5.41) is 5.48. The Hall–Kier alpha value is -2.91. The zero-order valence-corrected chi connectivity index (χ0v) is 17.7. The first-order valence-corrected chi connectivity index (χ1v) is 11.1. The number of hydrogen-bond donors (Lipinski definition) is 2. The van der Waals surface area contributed by atoms with Crippen LogP contribution in [0, 0.1) is 5.92 Å². The maximum absolute atomic E-state index is 12.9. The third-order valence-corrected chi connectivity index (χ3v) is 6.79. The summed E-state index contributed by atoms with van der Waals surface area (Å²) in [5.74, 6) is -0.516. The van der Waals surface area contributed by atoms with Crippen LogP contribution in [-0.2, 0) is 19.6 Å². The summed E-state index contributed by atoms with van der Waals surface area (Å²) < 4.78 is 32.3. The number of hydrogen-bond acceptors (Lipinski definition) is 5. The fourth-order valence-corrected chi connectivity index (χ4v) is 4.98. The molecule has 2 aromatic carbocycles. The molecule has 0 saturated carbocycles. The number of carbonyl (C=O) groups excluding carboxylic acids is 2. The molecule has 1 fully saturated rings. The van der Waals surface area contributed by atoms with Crippen molar-refractivity contribution in [1.29, 1.82) is 0 Å². The van der Waals surface area contributed by atoms with E-state index in [0.29, 0.717) is 36.5 Å². The summed E-state index contributed by atoms with van der Waals surface area (Å²) in [7, 11) is -2.15. The van der Waals surface area contributed by atoms with Crippen molar-refractivity contribution in [2.24, 2.45) is 5.92 Å². The normalized spacial score (nSPS) is 17.2. The van der Waals surface area contributed by atoms with Gasteiger partial charge in [-0.15, -0.1) is 0 Å². The number of ether oxygens (including phenoxy) is 1. The van der Waals surface area contributed by atoms with E-state index in [1.807, 2.05) is 0 Å². The van der Waals surface area contributed by atoms with Gasteiger partial charge >= 0.3 is 0 Å². The minimum atomic E-state index is -3.64. The number of nitrogens with one attached hydrogen (secondary N) is 2. The van der Waals surface area contributed by atoms with Gasteiger partial charge in [-0.05, 0) is 43.2 Å². The Morgan fingerprint density at radius 2 is 1.83 bits per heavy atom. The van der Waals surface area contributed by atoms with Crippen molar-refractivity contribution in [3.63, 3.8) is 0 Å². The van der Waals surface area contributed by atoms with Gasteiger partial charge < -0.3 is 15.4 Å². The molecule has 2 amide bonds. The van der Waals surface area contributed by atoms with Crippen LogP contribution >= 0.6 is 0 Å². The molecule has 0 spiro atoms. The van der Waals surface area contributed by atoms with E-state index in [1.165, 1.54) is 18.3 Å². The van der Waals surface area contributed by atoms with Gasteiger partial charge in [-0.25, -0.2) is 8.42 Å². The van der Waals surface area contributed by atoms with Crippen LogP contribution in [0.1, 0.15) is 19.8 Å². The molecule has 0 bridgehead atoms. The highest BCUT2D eigenvalue weighted by atomic mass is 32.2. The fraction of sp³-hybridized carbons (Fsp3) is 0.333. The van der Waals surface area contributed by atoms with Crippen LogP contribution in [0.3, 0.4) is 0 Å². The molecule has 1 aliphatic heterocycles. The van der Waals surface area contributed by atoms with Crippen LogP contribution in [0.15, 0.2) is 53.4 Å². The van der Waals surface area contributed by atoms with Gasteiger partial charge in [0.15, 0.2) is 0 Å². The maximum atomic E-state index is 12.9. The standard InChI is InChI=1S/C21H25N3O5S/c1-15(25)22-19-13-17(10-11-20(19)29-2)23-21(26)16-7-6-12-24(14-16)30(27,28)18-8-4-3-5-9-18/h3-5,8-11,13,16H,6-7,12,14H2,1-2H3,(H,22,25)(H,23,26). The van der Waals surface area contributed by atoms with Gasteiger partial charge in [-0.1, -0.05) is 18.2 Å². The summed E-state index contributed by atoms with van der Waals surface area (Å²) >= 11 is 0. The second-order valence-electron chi connectivity index (χ2n) is 7.10. The Labute approximate surface area is 176 Å². The van der Waals surface area contributed by atoms with Gasteiger partial charge in [0.25, 0.3) is 0 Å². The lowest BCUT2D eigenvalue weighted by atomic mass is 9.98. The van der Waals surface area contributed by atoms with E-state index in [1.54, 1.807) is 48.5 Å². The second-order valence-corrected chi connectivity index (χ2v) is 9.04. The van der Waals surface area contributed by atoms with E-state index in [4.69, 9.17) is 4.74 Å². The van der Waals surface area contributed by atoms with Crippen molar-refractivity contribution in [2.75, 3.05) is 30.8 Å². The molecule has 1 heterocycles. The summed E-state index contributed by atoms with van der Waals surface area (Å²) in [6.45, 7) is 1.89. The molecule has 2 N–H and O–H groups in total. The van der Waals surface area contributed by atoms with Crippen molar-refractivity contribution in [2.45, 2.75) is 24.7 Å². The molecule has 0 aromatic heterocycles. The highest BCUT2D eigenvalue weighted by Gasteiger charge is 2.33. The molecule has 8 nitrogen and oxygen atoms in total. The molecule has 3 rings (SSSR count). The summed E-state index contributed by atoms with van der Waals surface area (Å²) in [6.07, 6.45) is 1.20. The Bertz CT molecular complexity index is 1020. The van der Waals surface area contributed by atoms with E-state index in [2.05, 4.69) is 10.6 Å². The van der Waals surface area contributed by atoms with Crippen LogP contribution in [0.2, 0.25) is 0 Å². The Morgan fingerprint density at radius 3 is 2.50 bits per heavy atom. The summed E-state index contributed by atoms with van der Waals surface area (Å²) in [5.41, 5.74) is 0.937. The zero-order valence-electron chi connectivity index (χ0n) is 16.9. The van der Waals surface area contributed by atoms with Crippen molar-refractivity contribution >= 4 is 33.2 Å². The smallest absolute Gasteiger partial charge is 0.243 e. The monoisotopic (exact) mass is 431 g/mol. The number of piperidine rings is 1. The predicted molar refractivity (Wildman–Crippen MR) is 114 cm³/mol. The second kappa shape index (κ2) is 9.27. The van der Waals surface area contributed by atoms with E-state index in [9.17, 15) is 18.0 Å². The number of amides is 2. The molecular formula is C21H25N3O5S. The minimum absolute atomic E-state index is 0.123. The highest BCUT2D eigenvalue weighted by Crippen LogP contribution is 2.29. The number of anilines is 2. The largest absolute Gasteiger partial charge is 0.495 e. The molecule has 160 valence electrons. The molecule has 1 aliphatic rings. The van der Waals surface area contributed by atoms with Gasteiger partial charge in [0.2, 0.25) is 21.8 Å². The lowest BCUT2D eigenvalue weighted by Crippen LogP contribution is -2.43. The third kappa shape index (κ3) is 4.98. The lowest BCUT2D eigenvalue weighted by Gasteiger charge is -2.31. The molecule has 2 aromatic rings. The van der Waals surface area contributed by atoms with Crippen LogP contribution in [0.25, 0.3) is 0 Å². The highest BCUT2D eigenvalue weighted by molar-refractivity contribution is 7.89. The lowest BCUT2D eigenvalue weighted by molar-refractivity contribution is -0.121. The Balaban J connectivity index is 1.72. The number of nitrogens with zero attached hydrogens (tertiary/aromatic N) is 1. The fourth-order valence-electron chi connectivity index (χ4n) is 3.43. The third-order valence-electron chi connectivity index (χ3n) is 4.91. The van der Waals surface area contributed by atoms with Gasteiger partial charge in [-0.3, -0.25) is 9.59 Å². The van der Waals surface area contributed by atoms with Crippen molar-refractivity contribution in [1.82, 2.24) is 4.31 Å². The first-order valence-electron chi connectivity index (χ1n) is 9.63. The molecule has 1 unspecified atom stereocenters. The van der Waals surface area contributed by atoms with Crippen molar-refractivity contribution in [3.8, 4) is 5.75 Å². The summed E-state index contributed by atoms with van der Waals surface area (Å²) in [4.78, 5) is 24.4.